The summed E-state index contributed by atoms with van der Waals surface area (Å²) in [5.74, 6) is 2.56. The standard InChI is InChI=1S/C21H28N2O2.C3H4BrN.2CH2O3.CH4.4K.2H/c1-15-3-8-20(21(11-15)24-14-16-4-5-16)25-19-12-17-6-7-18(13-19)23(17)10-2-9-22;4-2-1-3-5;2*2-1-4-3;;;;;;;/h3,8,11,16-19H,2,4-7,10,12-14H2,1H3;1-2H2;2*1,3H;1H4;;;;;;/q;;;;;4*+1;2*-1/p-2/t17-,18+,19?;;;;;;;;;;. The van der Waals surface area contributed by atoms with Crippen LogP contribution in [0.15, 0.2) is 18.2 Å². The quantitative estimate of drug-likeness (QED) is 0.0729. The molecule has 222 valence electrons. The number of hydrogen-bond acceptors (Lipinski definition) is 11. The summed E-state index contributed by atoms with van der Waals surface area (Å²) < 4.78 is 12.5. The molecule has 0 radical (unpaired) electrons. The Balaban J connectivity index is -0.000000125. The van der Waals surface area contributed by atoms with Crippen LogP contribution in [0.2, 0.25) is 0 Å². The fraction of sp³-hybridized carbons (Fsp3) is 0.630. The van der Waals surface area contributed by atoms with Crippen LogP contribution in [-0.2, 0) is 19.4 Å². The Morgan fingerprint density at radius 1 is 0.953 bits per heavy atom. The number of hydrogen-bond donors (Lipinski definition) is 0. The fourth-order valence-corrected chi connectivity index (χ4v) is 4.58. The van der Waals surface area contributed by atoms with Crippen LogP contribution in [-0.4, -0.2) is 54.5 Å². The van der Waals surface area contributed by atoms with E-state index in [1.165, 1.54) is 31.2 Å². The van der Waals surface area contributed by atoms with Gasteiger partial charge in [0.05, 0.1) is 18.7 Å². The summed E-state index contributed by atoms with van der Waals surface area (Å²) in [4.78, 5) is 25.0. The number of piperidine rings is 1. The predicted molar refractivity (Wildman–Crippen MR) is 144 cm³/mol. The second-order valence-electron chi connectivity index (χ2n) is 8.93. The zero-order chi connectivity index (χ0) is 28.2. The van der Waals surface area contributed by atoms with Crippen molar-refractivity contribution in [3.05, 3.63) is 23.8 Å². The zero-order valence-electron chi connectivity index (χ0n) is 27.5. The van der Waals surface area contributed by atoms with Gasteiger partial charge in [-0.3, -0.25) is 14.5 Å². The van der Waals surface area contributed by atoms with Crippen molar-refractivity contribution < 1.29 is 248 Å². The fourth-order valence-electron chi connectivity index (χ4n) is 4.40. The first kappa shape index (κ1) is 56.0. The van der Waals surface area contributed by atoms with Crippen LogP contribution in [0.25, 0.3) is 0 Å². The summed E-state index contributed by atoms with van der Waals surface area (Å²) in [6.07, 6.45) is 8.73. The third-order valence-electron chi connectivity index (χ3n) is 6.17. The molecule has 2 bridgehead atoms. The van der Waals surface area contributed by atoms with E-state index in [0.29, 0.717) is 24.9 Å². The number of ether oxygens (including phenoxy) is 2. The molecule has 1 saturated carbocycles. The number of benzene rings is 1. The van der Waals surface area contributed by atoms with Gasteiger partial charge >= 0.3 is 206 Å². The smallest absolute Gasteiger partial charge is 1.00 e. The molecule has 1 aromatic rings. The van der Waals surface area contributed by atoms with Crippen LogP contribution in [0.4, 0.5) is 0 Å². The number of alkyl halides is 1. The number of carbonyl (C=O) groups is 2. The summed E-state index contributed by atoms with van der Waals surface area (Å²) in [7, 11) is 0. The van der Waals surface area contributed by atoms with Crippen molar-refractivity contribution in [2.45, 2.75) is 83.9 Å². The summed E-state index contributed by atoms with van der Waals surface area (Å²) >= 11 is 3.09. The van der Waals surface area contributed by atoms with Crippen LogP contribution < -0.4 is 226 Å². The minimum absolute atomic E-state index is 0. The van der Waals surface area contributed by atoms with Crippen molar-refractivity contribution in [1.82, 2.24) is 4.90 Å². The van der Waals surface area contributed by atoms with Gasteiger partial charge in [0.1, 0.15) is 6.10 Å². The molecule has 0 N–H and O–H groups in total. The van der Waals surface area contributed by atoms with Gasteiger partial charge in [-0.25, -0.2) is 0 Å². The van der Waals surface area contributed by atoms with E-state index in [-0.39, 0.29) is 235 Å². The average Bonchev–Trinajstić information content (AvgIpc) is 3.73. The second kappa shape index (κ2) is 36.9. The van der Waals surface area contributed by atoms with Crippen molar-refractivity contribution in [2.75, 3.05) is 18.5 Å². The molecule has 3 atom stereocenters. The van der Waals surface area contributed by atoms with E-state index in [2.05, 4.69) is 61.8 Å². The van der Waals surface area contributed by atoms with Gasteiger partial charge in [0.2, 0.25) is 0 Å². The summed E-state index contributed by atoms with van der Waals surface area (Å²) in [6, 6.07) is 11.7. The van der Waals surface area contributed by atoms with E-state index >= 15 is 0 Å². The van der Waals surface area contributed by atoms with Gasteiger partial charge in [-0.2, -0.15) is 10.5 Å². The Bertz CT molecular complexity index is 913. The zero-order valence-corrected chi connectivity index (χ0v) is 39.5. The number of fused-ring (bicyclic) bond motifs is 2. The molecule has 0 spiro atoms. The third-order valence-corrected chi connectivity index (χ3v) is 6.57. The van der Waals surface area contributed by atoms with E-state index in [1.807, 2.05) is 6.07 Å². The van der Waals surface area contributed by atoms with E-state index in [0.717, 1.165) is 48.7 Å². The van der Waals surface area contributed by atoms with Crippen LogP contribution in [0.1, 0.15) is 67.2 Å². The molecule has 1 aliphatic carbocycles. The van der Waals surface area contributed by atoms with Gasteiger partial charge < -0.3 is 32.6 Å². The Kier molecular flexibility index (Phi) is 48.1. The predicted octanol–water partition coefficient (Wildman–Crippen LogP) is -8.89. The van der Waals surface area contributed by atoms with E-state index in [9.17, 15) is 0 Å². The maximum absolute atomic E-state index is 8.87. The first-order valence-corrected chi connectivity index (χ1v) is 13.5. The number of nitriles is 2. The van der Waals surface area contributed by atoms with Crippen molar-refractivity contribution >= 4 is 28.9 Å². The Hall–Kier alpha value is 3.65. The Morgan fingerprint density at radius 3 is 1.86 bits per heavy atom. The molecule has 11 nitrogen and oxygen atoms in total. The Labute approximate surface area is 437 Å². The van der Waals surface area contributed by atoms with Crippen molar-refractivity contribution in [2.24, 2.45) is 5.92 Å². The maximum atomic E-state index is 8.87. The topological polar surface area (TPSA) is 168 Å². The summed E-state index contributed by atoms with van der Waals surface area (Å²) in [5, 5.41) is 34.3. The number of rotatable bonds is 10. The number of halogens is 1. The molecular weight excluding hydrogens is 731 g/mol. The minimum Gasteiger partial charge on any atom is -1.00 e. The molecule has 2 heterocycles. The molecule has 4 rings (SSSR count). The maximum Gasteiger partial charge on any atom is 1.00 e. The molecular formula is C27H40BrK4N3O8. The molecule has 43 heavy (non-hydrogen) atoms. The summed E-state index contributed by atoms with van der Waals surface area (Å²) in [6.45, 7) is 3.47. The number of aryl methyl sites for hydroxylation is 1. The van der Waals surface area contributed by atoms with Gasteiger partial charge in [0, 0.05) is 36.8 Å². The SMILES string of the molecule is C.Cc1ccc(OC2C[C@H]3CC[C@@H](C2)N3CCC#N)c(OCC2CC2)c1.N#CCCBr.O=CO[O-].O=CO[O-].[H-].[H-].[K+].[K+].[K+].[K+]. The first-order valence-electron chi connectivity index (χ1n) is 12.4. The Morgan fingerprint density at radius 2 is 1.47 bits per heavy atom. The summed E-state index contributed by atoms with van der Waals surface area (Å²) in [5.41, 5.74) is 1.21. The number of nitrogens with zero attached hydrogens (tertiary/aromatic N) is 3. The molecule has 0 aromatic heterocycles. The van der Waals surface area contributed by atoms with Gasteiger partial charge in [-0.05, 0) is 69.1 Å². The van der Waals surface area contributed by atoms with Crippen molar-refractivity contribution in [1.29, 1.82) is 10.5 Å². The molecule has 1 aromatic carbocycles. The monoisotopic (exact) mass is 769 g/mol. The van der Waals surface area contributed by atoms with E-state index in [1.54, 1.807) is 0 Å². The molecule has 0 amide bonds. The van der Waals surface area contributed by atoms with Gasteiger partial charge in [0.15, 0.2) is 11.5 Å². The van der Waals surface area contributed by atoms with Crippen molar-refractivity contribution in [3.8, 4) is 23.6 Å². The largest absolute Gasteiger partial charge is 1.00 e. The molecule has 3 fully saturated rings. The number of carbonyl (C=O) groups excluding carboxylic acids is 2. The normalized spacial score (nSPS) is 18.3. The minimum atomic E-state index is -0.181. The van der Waals surface area contributed by atoms with Gasteiger partial charge in [-0.15, -0.1) is 0 Å². The molecule has 2 aliphatic heterocycles. The molecule has 2 saturated heterocycles. The molecule has 1 unspecified atom stereocenters. The van der Waals surface area contributed by atoms with Crippen LogP contribution >= 0.6 is 15.9 Å². The van der Waals surface area contributed by atoms with Crippen molar-refractivity contribution in [3.63, 3.8) is 0 Å². The van der Waals surface area contributed by atoms with E-state index in [4.69, 9.17) is 40.1 Å². The van der Waals surface area contributed by atoms with Crippen LogP contribution in [0, 0.1) is 35.5 Å². The molecule has 16 heteroatoms. The van der Waals surface area contributed by atoms with Gasteiger partial charge in [0.25, 0.3) is 12.9 Å². The molecule has 3 aliphatic rings. The average molecular weight is 771 g/mol. The van der Waals surface area contributed by atoms with Crippen LogP contribution in [0.3, 0.4) is 0 Å². The first-order chi connectivity index (χ1) is 18.5. The van der Waals surface area contributed by atoms with E-state index < -0.39 is 0 Å². The third kappa shape index (κ3) is 26.2. The van der Waals surface area contributed by atoms with Gasteiger partial charge in [-0.1, -0.05) is 29.4 Å². The van der Waals surface area contributed by atoms with Crippen LogP contribution in [0.5, 0.6) is 11.5 Å². The second-order valence-corrected chi connectivity index (χ2v) is 9.72.